The lowest BCUT2D eigenvalue weighted by Gasteiger charge is -2.24. The number of carbonyl (C=O) groups is 2. The van der Waals surface area contributed by atoms with Gasteiger partial charge in [0.15, 0.2) is 6.10 Å². The summed E-state index contributed by atoms with van der Waals surface area (Å²) in [7, 11) is 1.43. The van der Waals surface area contributed by atoms with Crippen LogP contribution in [0.25, 0.3) is 0 Å². The van der Waals surface area contributed by atoms with Gasteiger partial charge in [0, 0.05) is 12.8 Å². The van der Waals surface area contributed by atoms with E-state index in [1.54, 1.807) is 0 Å². The van der Waals surface area contributed by atoms with Crippen LogP contribution < -0.4 is 0 Å². The summed E-state index contributed by atoms with van der Waals surface area (Å²) >= 11 is 0. The van der Waals surface area contributed by atoms with E-state index in [2.05, 4.69) is 74.6 Å². The minimum absolute atomic E-state index is 0.0161. The first-order valence-corrected chi connectivity index (χ1v) is 27.7. The average molecular weight is 933 g/mol. The van der Waals surface area contributed by atoms with Crippen molar-refractivity contribution in [2.45, 2.75) is 219 Å². The fourth-order valence-electron chi connectivity index (χ4n) is 6.98. The van der Waals surface area contributed by atoms with E-state index in [4.69, 9.17) is 18.5 Å². The number of unbranched alkanes of at least 4 members (excludes halogenated alkanes) is 21. The minimum Gasteiger partial charge on any atom is -0.462 e. The molecule has 0 radical (unpaired) electrons. The molecule has 10 heteroatoms. The quantitative estimate of drug-likeness (QED) is 0.0211. The maximum absolute atomic E-state index is 12.7. The van der Waals surface area contributed by atoms with Crippen molar-refractivity contribution in [2.24, 2.45) is 0 Å². The van der Waals surface area contributed by atoms with Crippen LogP contribution in [0.2, 0.25) is 0 Å². The Balaban J connectivity index is 4.32. The first-order valence-electron chi connectivity index (χ1n) is 26.2. The molecule has 0 aliphatic rings. The van der Waals surface area contributed by atoms with Gasteiger partial charge in [-0.1, -0.05) is 222 Å². The van der Waals surface area contributed by atoms with Crippen molar-refractivity contribution in [3.63, 3.8) is 0 Å². The standard InChI is InChI=1S/C55H98NO8P/c1-6-8-10-12-14-16-18-20-22-24-26-27-28-30-31-33-35-37-39-41-43-45-47-54(57)61-51-53(52-63-65(59,60)62-50-49-56(3,4)5)64-55(58)48-46-44-42-40-38-36-34-32-29-25-23-21-19-17-15-13-11-9-7-2/h9,11,15,17,21,23,29,32,36,38,42,44,53H,6-8,10,12-14,16,18-20,22,24-28,30-31,33-35,37,39-41,43,45-52H2,1-5H3/p+1/b11-9-,17-15-,23-21-,32-29-,38-36-,44-42-. The first-order chi connectivity index (χ1) is 31.5. The number of allylic oxidation sites excluding steroid dienone is 12. The van der Waals surface area contributed by atoms with Gasteiger partial charge in [0.2, 0.25) is 0 Å². The second kappa shape index (κ2) is 46.6. The van der Waals surface area contributed by atoms with E-state index in [-0.39, 0.29) is 32.0 Å². The summed E-state index contributed by atoms with van der Waals surface area (Å²) in [4.78, 5) is 35.5. The van der Waals surface area contributed by atoms with Gasteiger partial charge in [-0.05, 0) is 51.4 Å². The largest absolute Gasteiger partial charge is 0.472 e. The zero-order valence-electron chi connectivity index (χ0n) is 42.5. The Morgan fingerprint density at radius 1 is 0.492 bits per heavy atom. The summed E-state index contributed by atoms with van der Waals surface area (Å²) in [6, 6.07) is 0. The maximum Gasteiger partial charge on any atom is 0.472 e. The van der Waals surface area contributed by atoms with Gasteiger partial charge in [0.25, 0.3) is 0 Å². The van der Waals surface area contributed by atoms with Gasteiger partial charge >= 0.3 is 19.8 Å². The lowest BCUT2D eigenvalue weighted by atomic mass is 10.0. The SMILES string of the molecule is CC/C=C\C/C=C\C/C=C\C/C=C\C/C=C\C/C=C\CCC(=O)OC(COC(=O)CCCCCCCCCCCCCCCCCCCCCCCC)COP(=O)(O)OCC[N+](C)(C)C. The number of hydrogen-bond acceptors (Lipinski definition) is 7. The fraction of sp³-hybridized carbons (Fsp3) is 0.745. The zero-order chi connectivity index (χ0) is 47.8. The minimum atomic E-state index is -4.40. The Bertz CT molecular complexity index is 1330. The number of quaternary nitrogens is 1. The normalized spacial score (nSPS) is 14.0. The van der Waals surface area contributed by atoms with E-state index in [1.807, 2.05) is 33.3 Å². The molecule has 1 N–H and O–H groups in total. The third-order valence-electron chi connectivity index (χ3n) is 11.0. The van der Waals surface area contributed by atoms with E-state index in [9.17, 15) is 19.0 Å². The molecule has 65 heavy (non-hydrogen) atoms. The van der Waals surface area contributed by atoms with Gasteiger partial charge in [-0.15, -0.1) is 0 Å². The van der Waals surface area contributed by atoms with Crippen molar-refractivity contribution in [1.82, 2.24) is 0 Å². The molecule has 0 rings (SSSR count). The molecule has 0 aliphatic carbocycles. The van der Waals surface area contributed by atoms with Crippen LogP contribution >= 0.6 is 7.82 Å². The van der Waals surface area contributed by atoms with E-state index in [1.165, 1.54) is 122 Å². The van der Waals surface area contributed by atoms with Crippen molar-refractivity contribution in [3.05, 3.63) is 72.9 Å². The molecule has 0 amide bonds. The maximum atomic E-state index is 12.7. The molecule has 0 spiro atoms. The Labute approximate surface area is 399 Å². The summed E-state index contributed by atoms with van der Waals surface area (Å²) in [5, 5.41) is 0. The molecule has 0 saturated heterocycles. The van der Waals surface area contributed by atoms with E-state index >= 15 is 0 Å². The zero-order valence-corrected chi connectivity index (χ0v) is 43.3. The molecule has 0 aromatic carbocycles. The van der Waals surface area contributed by atoms with Gasteiger partial charge in [0.05, 0.1) is 27.7 Å². The lowest BCUT2D eigenvalue weighted by molar-refractivity contribution is -0.870. The van der Waals surface area contributed by atoms with Crippen molar-refractivity contribution in [3.8, 4) is 0 Å². The molecule has 2 unspecified atom stereocenters. The molecule has 376 valence electrons. The second-order valence-corrected chi connectivity index (χ2v) is 20.0. The molecular weight excluding hydrogens is 834 g/mol. The number of phosphoric ester groups is 1. The summed E-state index contributed by atoms with van der Waals surface area (Å²) < 4.78 is 34.4. The summed E-state index contributed by atoms with van der Waals surface area (Å²) in [5.41, 5.74) is 0. The predicted molar refractivity (Wildman–Crippen MR) is 275 cm³/mol. The number of carbonyl (C=O) groups excluding carboxylic acids is 2. The smallest absolute Gasteiger partial charge is 0.462 e. The highest BCUT2D eigenvalue weighted by molar-refractivity contribution is 7.47. The predicted octanol–water partition coefficient (Wildman–Crippen LogP) is 15.8. The van der Waals surface area contributed by atoms with Crippen LogP contribution in [0.5, 0.6) is 0 Å². The molecule has 0 heterocycles. The highest BCUT2D eigenvalue weighted by Gasteiger charge is 2.27. The first kappa shape index (κ1) is 62.4. The summed E-state index contributed by atoms with van der Waals surface area (Å²) in [5.74, 6) is -0.893. The number of esters is 2. The second-order valence-electron chi connectivity index (χ2n) is 18.5. The van der Waals surface area contributed by atoms with Crippen LogP contribution in [-0.2, 0) is 32.7 Å². The van der Waals surface area contributed by atoms with Gasteiger partial charge in [0.1, 0.15) is 19.8 Å². The molecular formula is C55H99NO8P+. The molecule has 0 bridgehead atoms. The lowest BCUT2D eigenvalue weighted by Crippen LogP contribution is -2.37. The molecule has 0 saturated carbocycles. The average Bonchev–Trinajstić information content (AvgIpc) is 3.26. The number of nitrogens with zero attached hydrogens (tertiary/aromatic N) is 1. The van der Waals surface area contributed by atoms with Crippen LogP contribution in [0.4, 0.5) is 0 Å². The van der Waals surface area contributed by atoms with E-state index in [0.29, 0.717) is 17.4 Å². The molecule has 2 atom stereocenters. The Hall–Kier alpha value is -2.55. The van der Waals surface area contributed by atoms with Crippen LogP contribution in [0.1, 0.15) is 213 Å². The highest BCUT2D eigenvalue weighted by Crippen LogP contribution is 2.43. The highest BCUT2D eigenvalue weighted by atomic mass is 31.2. The molecule has 9 nitrogen and oxygen atoms in total. The van der Waals surface area contributed by atoms with Crippen LogP contribution in [0.3, 0.4) is 0 Å². The van der Waals surface area contributed by atoms with Crippen molar-refractivity contribution >= 4 is 19.8 Å². The number of ether oxygens (including phenoxy) is 2. The third-order valence-corrected chi connectivity index (χ3v) is 12.0. The number of hydrogen-bond donors (Lipinski definition) is 1. The molecule has 0 aromatic rings. The number of rotatable bonds is 47. The third kappa shape index (κ3) is 50.7. The van der Waals surface area contributed by atoms with Gasteiger partial charge in [-0.25, -0.2) is 4.57 Å². The number of likely N-dealkylation sites (N-methyl/N-ethyl adjacent to an activating group) is 1. The van der Waals surface area contributed by atoms with Crippen molar-refractivity contribution < 1.29 is 42.1 Å². The summed E-state index contributed by atoms with van der Waals surface area (Å²) in [6.45, 7) is 4.24. The van der Waals surface area contributed by atoms with Gasteiger partial charge in [-0.2, -0.15) is 0 Å². The van der Waals surface area contributed by atoms with Gasteiger partial charge in [-0.3, -0.25) is 18.6 Å². The Morgan fingerprint density at radius 3 is 1.28 bits per heavy atom. The van der Waals surface area contributed by atoms with E-state index < -0.39 is 26.5 Å². The van der Waals surface area contributed by atoms with Crippen molar-refractivity contribution in [1.29, 1.82) is 0 Å². The Morgan fingerprint density at radius 2 is 0.877 bits per heavy atom. The van der Waals surface area contributed by atoms with Crippen LogP contribution in [-0.4, -0.2) is 74.9 Å². The molecule has 0 aromatic heterocycles. The number of phosphoric acid groups is 1. The van der Waals surface area contributed by atoms with Crippen LogP contribution in [0.15, 0.2) is 72.9 Å². The van der Waals surface area contributed by atoms with Crippen LogP contribution in [0, 0.1) is 0 Å². The molecule has 0 fully saturated rings. The van der Waals surface area contributed by atoms with E-state index in [0.717, 1.165) is 57.8 Å². The van der Waals surface area contributed by atoms with Gasteiger partial charge < -0.3 is 18.9 Å². The monoisotopic (exact) mass is 933 g/mol. The fourth-order valence-corrected chi connectivity index (χ4v) is 7.72. The van der Waals surface area contributed by atoms with Crippen molar-refractivity contribution in [2.75, 3.05) is 47.5 Å². The summed E-state index contributed by atoms with van der Waals surface area (Å²) in [6.07, 6.45) is 59.8. The Kier molecular flexibility index (Phi) is 44.7. The molecule has 0 aliphatic heterocycles. The topological polar surface area (TPSA) is 108 Å².